The topological polar surface area (TPSA) is 98.8 Å². The number of aromatic nitrogens is 6. The van der Waals surface area contributed by atoms with E-state index >= 15 is 0 Å². The first kappa shape index (κ1) is 18.1. The number of aromatic amines is 1. The van der Waals surface area contributed by atoms with E-state index in [-0.39, 0.29) is 11.9 Å². The van der Waals surface area contributed by atoms with E-state index in [9.17, 15) is 4.39 Å². The summed E-state index contributed by atoms with van der Waals surface area (Å²) in [6, 6.07) is 1.46. The van der Waals surface area contributed by atoms with Crippen molar-refractivity contribution in [3.63, 3.8) is 0 Å². The first-order valence-corrected chi connectivity index (χ1v) is 9.15. The zero-order valence-corrected chi connectivity index (χ0v) is 15.8. The van der Waals surface area contributed by atoms with Gasteiger partial charge < -0.3 is 15.1 Å². The van der Waals surface area contributed by atoms with Gasteiger partial charge in [0.2, 0.25) is 0 Å². The van der Waals surface area contributed by atoms with Gasteiger partial charge in [-0.25, -0.2) is 19.3 Å². The molecule has 1 saturated heterocycles. The summed E-state index contributed by atoms with van der Waals surface area (Å²) in [4.78, 5) is 21.4. The molecule has 0 aliphatic carbocycles. The summed E-state index contributed by atoms with van der Waals surface area (Å²) in [5, 5.41) is 10.1. The van der Waals surface area contributed by atoms with Gasteiger partial charge in [0.1, 0.15) is 35.9 Å². The lowest BCUT2D eigenvalue weighted by atomic mass is 10.2. The molecule has 1 atom stereocenters. The molecule has 0 radical (unpaired) electrons. The minimum absolute atomic E-state index is 0.0544. The normalized spacial score (nSPS) is 15.5. The first-order valence-electron chi connectivity index (χ1n) is 9.15. The lowest BCUT2D eigenvalue weighted by Gasteiger charge is -2.37. The van der Waals surface area contributed by atoms with Crippen LogP contribution in [0.25, 0.3) is 0 Å². The molecule has 0 aromatic carbocycles. The van der Waals surface area contributed by atoms with Crippen LogP contribution in [0.4, 0.5) is 21.7 Å². The second kappa shape index (κ2) is 7.75. The summed E-state index contributed by atoms with van der Waals surface area (Å²) in [5.74, 6) is 2.10. The number of piperazine rings is 1. The van der Waals surface area contributed by atoms with Gasteiger partial charge in [0, 0.05) is 37.8 Å². The van der Waals surface area contributed by atoms with Gasteiger partial charge in [0.15, 0.2) is 0 Å². The molecule has 0 spiro atoms. The molecule has 10 heteroatoms. The van der Waals surface area contributed by atoms with E-state index in [1.807, 2.05) is 13.8 Å². The van der Waals surface area contributed by atoms with Crippen LogP contribution < -0.4 is 15.1 Å². The number of hydrogen-bond donors (Lipinski definition) is 2. The van der Waals surface area contributed by atoms with Crippen molar-refractivity contribution in [2.24, 2.45) is 0 Å². The van der Waals surface area contributed by atoms with Gasteiger partial charge in [-0.1, -0.05) is 0 Å². The van der Waals surface area contributed by atoms with E-state index in [1.165, 1.54) is 18.6 Å². The summed E-state index contributed by atoms with van der Waals surface area (Å²) in [6.45, 7) is 7.11. The summed E-state index contributed by atoms with van der Waals surface area (Å²) >= 11 is 0. The van der Waals surface area contributed by atoms with Gasteiger partial charge in [-0.05, 0) is 13.8 Å². The van der Waals surface area contributed by atoms with Crippen LogP contribution in [0.2, 0.25) is 0 Å². The molecule has 0 bridgehead atoms. The lowest BCUT2D eigenvalue weighted by Crippen LogP contribution is -2.47. The molecule has 3 aromatic heterocycles. The molecule has 1 aliphatic heterocycles. The van der Waals surface area contributed by atoms with Gasteiger partial charge >= 0.3 is 0 Å². The highest BCUT2D eigenvalue weighted by Gasteiger charge is 2.22. The highest BCUT2D eigenvalue weighted by Crippen LogP contribution is 2.26. The van der Waals surface area contributed by atoms with Gasteiger partial charge in [0.05, 0.1) is 24.1 Å². The molecule has 0 saturated carbocycles. The average Bonchev–Trinajstić information content (AvgIpc) is 3.25. The monoisotopic (exact) mass is 383 g/mol. The molecule has 9 nitrogen and oxygen atoms in total. The van der Waals surface area contributed by atoms with Crippen LogP contribution in [0, 0.1) is 12.7 Å². The molecule has 28 heavy (non-hydrogen) atoms. The Hall–Kier alpha value is -3.30. The minimum Gasteiger partial charge on any atom is -0.367 e. The molecular weight excluding hydrogens is 361 g/mol. The van der Waals surface area contributed by atoms with Crippen LogP contribution >= 0.6 is 0 Å². The van der Waals surface area contributed by atoms with Crippen LogP contribution in [-0.4, -0.2) is 56.3 Å². The van der Waals surface area contributed by atoms with Crippen molar-refractivity contribution in [3.05, 3.63) is 48.3 Å². The Morgan fingerprint density at radius 1 is 1.07 bits per heavy atom. The Balaban J connectivity index is 1.45. The predicted molar refractivity (Wildman–Crippen MR) is 104 cm³/mol. The minimum atomic E-state index is -0.317. The SMILES string of the molecule is Cc1c(N[C@@H](C)c2ncn[nH]2)ncnc1N1CCN(c2cncc(F)c2)CC1. The summed E-state index contributed by atoms with van der Waals surface area (Å²) in [6.07, 6.45) is 5.97. The molecule has 0 unspecified atom stereocenters. The smallest absolute Gasteiger partial charge is 0.146 e. The van der Waals surface area contributed by atoms with Gasteiger partial charge in [-0.15, -0.1) is 0 Å². The molecule has 1 aliphatic rings. The Kier molecular flexibility index (Phi) is 5.00. The molecule has 2 N–H and O–H groups in total. The fraction of sp³-hybridized carbons (Fsp3) is 0.389. The number of hydrogen-bond acceptors (Lipinski definition) is 8. The van der Waals surface area contributed by atoms with E-state index in [1.54, 1.807) is 12.5 Å². The quantitative estimate of drug-likeness (QED) is 0.690. The maximum atomic E-state index is 13.4. The fourth-order valence-electron chi connectivity index (χ4n) is 3.35. The van der Waals surface area contributed by atoms with Gasteiger partial charge in [0.25, 0.3) is 0 Å². The largest absolute Gasteiger partial charge is 0.367 e. The first-order chi connectivity index (χ1) is 13.6. The predicted octanol–water partition coefficient (Wildman–Crippen LogP) is 1.94. The maximum absolute atomic E-state index is 13.4. The van der Waals surface area contributed by atoms with Crippen LogP contribution in [0.3, 0.4) is 0 Å². The summed E-state index contributed by atoms with van der Waals surface area (Å²) < 4.78 is 13.4. The highest BCUT2D eigenvalue weighted by atomic mass is 19.1. The maximum Gasteiger partial charge on any atom is 0.146 e. The van der Waals surface area contributed by atoms with Crippen molar-refractivity contribution >= 4 is 17.3 Å². The van der Waals surface area contributed by atoms with E-state index in [0.29, 0.717) is 0 Å². The second-order valence-corrected chi connectivity index (χ2v) is 6.74. The molecule has 146 valence electrons. The lowest BCUT2D eigenvalue weighted by molar-refractivity contribution is 0.612. The van der Waals surface area contributed by atoms with Crippen LogP contribution in [0.15, 0.2) is 31.1 Å². The summed E-state index contributed by atoms with van der Waals surface area (Å²) in [7, 11) is 0. The molecule has 0 amide bonds. The molecule has 3 aromatic rings. The zero-order chi connectivity index (χ0) is 19.5. The number of nitrogens with one attached hydrogen (secondary N) is 2. The third-order valence-corrected chi connectivity index (χ3v) is 4.89. The van der Waals surface area contributed by atoms with Crippen LogP contribution in [0.1, 0.15) is 24.4 Å². The van der Waals surface area contributed by atoms with Crippen molar-refractivity contribution in [1.82, 2.24) is 30.1 Å². The number of pyridine rings is 1. The van der Waals surface area contributed by atoms with E-state index in [0.717, 1.165) is 54.9 Å². The van der Waals surface area contributed by atoms with Crippen molar-refractivity contribution < 1.29 is 4.39 Å². The second-order valence-electron chi connectivity index (χ2n) is 6.74. The Morgan fingerprint density at radius 2 is 1.86 bits per heavy atom. The van der Waals surface area contributed by atoms with Crippen LogP contribution in [-0.2, 0) is 0 Å². The highest BCUT2D eigenvalue weighted by molar-refractivity contribution is 5.59. The number of anilines is 3. The van der Waals surface area contributed by atoms with Crippen molar-refractivity contribution in [1.29, 1.82) is 0 Å². The van der Waals surface area contributed by atoms with Crippen molar-refractivity contribution in [2.75, 3.05) is 41.3 Å². The number of rotatable bonds is 5. The van der Waals surface area contributed by atoms with E-state index in [4.69, 9.17) is 0 Å². The Labute approximate surface area is 162 Å². The average molecular weight is 383 g/mol. The molecule has 4 heterocycles. The van der Waals surface area contributed by atoms with Gasteiger partial charge in [-0.3, -0.25) is 10.1 Å². The standard InChI is InChI=1S/C18H22FN9/c1-12-16(25-13(2)17-22-11-24-26-17)21-10-23-18(12)28-5-3-27(4-6-28)15-7-14(19)8-20-9-15/h7-11,13H,3-6H2,1-2H3,(H,21,23,25)(H,22,24,26)/t13-/m0/s1. The van der Waals surface area contributed by atoms with Crippen LogP contribution in [0.5, 0.6) is 0 Å². The van der Waals surface area contributed by atoms with E-state index in [2.05, 4.69) is 45.2 Å². The molecular formula is C18H22FN9. The molecule has 4 rings (SSSR count). The summed E-state index contributed by atoms with van der Waals surface area (Å²) in [5.41, 5.74) is 1.79. The van der Waals surface area contributed by atoms with Gasteiger partial charge in [-0.2, -0.15) is 5.10 Å². The Morgan fingerprint density at radius 3 is 2.57 bits per heavy atom. The van der Waals surface area contributed by atoms with Crippen molar-refractivity contribution in [3.8, 4) is 0 Å². The third-order valence-electron chi connectivity index (χ3n) is 4.89. The van der Waals surface area contributed by atoms with Crippen molar-refractivity contribution in [2.45, 2.75) is 19.9 Å². The Bertz CT molecular complexity index is 923. The third kappa shape index (κ3) is 3.71. The number of halogens is 1. The molecule has 1 fully saturated rings. The number of nitrogens with zero attached hydrogens (tertiary/aromatic N) is 7. The fourth-order valence-corrected chi connectivity index (χ4v) is 3.35. The zero-order valence-electron chi connectivity index (χ0n) is 15.8. The number of H-pyrrole nitrogens is 1. The van der Waals surface area contributed by atoms with E-state index < -0.39 is 0 Å².